The Morgan fingerprint density at radius 2 is 1.78 bits per heavy atom. The fourth-order valence-electron chi connectivity index (χ4n) is 1.80. The molecule has 0 atom stereocenters. The van der Waals surface area contributed by atoms with Crippen LogP contribution in [0, 0.1) is 0 Å². The second-order valence-corrected chi connectivity index (χ2v) is 6.00. The number of thiocarbonyl (C=S) groups is 1. The van der Waals surface area contributed by atoms with Crippen molar-refractivity contribution in [3.63, 3.8) is 0 Å². The zero-order valence-corrected chi connectivity index (χ0v) is 14.1. The van der Waals surface area contributed by atoms with Crippen LogP contribution in [-0.4, -0.2) is 5.11 Å². The monoisotopic (exact) mass is 403 g/mol. The zero-order valence-electron chi connectivity index (χ0n) is 11.7. The number of alkyl halides is 3. The lowest BCUT2D eigenvalue weighted by atomic mass is 10.1. The molecule has 0 aliphatic rings. The van der Waals surface area contributed by atoms with Crippen LogP contribution in [0.3, 0.4) is 0 Å². The minimum atomic E-state index is -4.38. The van der Waals surface area contributed by atoms with Gasteiger partial charge in [0.15, 0.2) is 5.11 Å². The van der Waals surface area contributed by atoms with E-state index in [1.165, 1.54) is 6.07 Å². The van der Waals surface area contributed by atoms with E-state index >= 15 is 0 Å². The molecule has 0 aliphatic carbocycles. The van der Waals surface area contributed by atoms with E-state index < -0.39 is 11.7 Å². The Morgan fingerprint density at radius 3 is 2.39 bits per heavy atom. The number of nitrogens with two attached hydrogens (primary N) is 1. The number of nitrogen functional groups attached to an aromatic ring is 1. The van der Waals surface area contributed by atoms with Gasteiger partial charge in [-0.2, -0.15) is 13.2 Å². The highest BCUT2D eigenvalue weighted by Crippen LogP contribution is 2.31. The molecule has 2 aromatic rings. The van der Waals surface area contributed by atoms with Crippen molar-refractivity contribution in [3.8, 4) is 0 Å². The third-order valence-electron chi connectivity index (χ3n) is 2.98. The summed E-state index contributed by atoms with van der Waals surface area (Å²) in [7, 11) is 0. The van der Waals surface area contributed by atoms with Crippen LogP contribution in [0.15, 0.2) is 46.9 Å². The quantitative estimate of drug-likeness (QED) is 0.520. The molecule has 0 aromatic heterocycles. The van der Waals surface area contributed by atoms with Crippen LogP contribution in [0.5, 0.6) is 0 Å². The Kier molecular flexibility index (Phi) is 5.48. The molecule has 0 saturated heterocycles. The van der Waals surface area contributed by atoms with Crippen molar-refractivity contribution >= 4 is 44.6 Å². The molecule has 0 bridgehead atoms. The number of hydrogen-bond donors (Lipinski definition) is 3. The van der Waals surface area contributed by atoms with Crippen LogP contribution in [-0.2, 0) is 12.7 Å². The third-order valence-corrected chi connectivity index (χ3v) is 4.00. The van der Waals surface area contributed by atoms with Gasteiger partial charge in [-0.25, -0.2) is 0 Å². The molecule has 8 heteroatoms. The number of hydrogen-bond acceptors (Lipinski definition) is 2. The first-order valence-electron chi connectivity index (χ1n) is 6.52. The van der Waals surface area contributed by atoms with E-state index in [1.807, 2.05) is 0 Å². The first-order chi connectivity index (χ1) is 10.8. The number of nitrogens with one attached hydrogen (secondary N) is 2. The third kappa shape index (κ3) is 5.11. The standard InChI is InChI=1S/C15H13BrF3N3S/c16-13-6-1-10(15(17,18)19)7-9(13)8-21-14(23)22-12-4-2-11(20)3-5-12/h1-7H,8,20H2,(H2,21,22,23). The van der Waals surface area contributed by atoms with Crippen molar-refractivity contribution in [2.45, 2.75) is 12.7 Å². The number of halogens is 4. The van der Waals surface area contributed by atoms with E-state index in [2.05, 4.69) is 26.6 Å². The van der Waals surface area contributed by atoms with Gasteiger partial charge < -0.3 is 16.4 Å². The summed E-state index contributed by atoms with van der Waals surface area (Å²) in [6, 6.07) is 10.4. The Balaban J connectivity index is 2.00. The Labute approximate surface area is 145 Å². The minimum Gasteiger partial charge on any atom is -0.399 e. The molecular weight excluding hydrogens is 391 g/mol. The molecular formula is C15H13BrF3N3S. The van der Waals surface area contributed by atoms with Crippen molar-refractivity contribution in [1.82, 2.24) is 5.32 Å². The van der Waals surface area contributed by atoms with Gasteiger partial charge in [0.05, 0.1) is 5.56 Å². The van der Waals surface area contributed by atoms with Crippen LogP contribution in [0.2, 0.25) is 0 Å². The molecule has 0 unspecified atom stereocenters. The molecule has 3 nitrogen and oxygen atoms in total. The largest absolute Gasteiger partial charge is 0.416 e. The van der Waals surface area contributed by atoms with E-state index in [0.29, 0.717) is 20.8 Å². The molecule has 0 amide bonds. The summed E-state index contributed by atoms with van der Waals surface area (Å²) in [6.45, 7) is 0.158. The predicted molar refractivity (Wildman–Crippen MR) is 93.1 cm³/mol. The first kappa shape index (κ1) is 17.6. The van der Waals surface area contributed by atoms with Gasteiger partial charge in [0.25, 0.3) is 0 Å². The maximum atomic E-state index is 12.7. The first-order valence-corrected chi connectivity index (χ1v) is 7.72. The lowest BCUT2D eigenvalue weighted by Gasteiger charge is -2.13. The number of anilines is 2. The fraction of sp³-hybridized carbons (Fsp3) is 0.133. The molecule has 2 rings (SSSR count). The SMILES string of the molecule is Nc1ccc(NC(=S)NCc2cc(C(F)(F)F)ccc2Br)cc1. The normalized spacial score (nSPS) is 11.1. The van der Waals surface area contributed by atoms with E-state index in [0.717, 1.165) is 17.8 Å². The smallest absolute Gasteiger partial charge is 0.399 e. The second kappa shape index (κ2) is 7.18. The van der Waals surface area contributed by atoms with E-state index in [-0.39, 0.29) is 6.54 Å². The van der Waals surface area contributed by atoms with E-state index in [4.69, 9.17) is 18.0 Å². The maximum Gasteiger partial charge on any atom is 0.416 e. The molecule has 0 radical (unpaired) electrons. The molecule has 23 heavy (non-hydrogen) atoms. The summed E-state index contributed by atoms with van der Waals surface area (Å²) in [5.74, 6) is 0. The van der Waals surface area contributed by atoms with Crippen molar-refractivity contribution in [3.05, 3.63) is 58.1 Å². The molecule has 4 N–H and O–H groups in total. The topological polar surface area (TPSA) is 50.1 Å². The van der Waals surface area contributed by atoms with E-state index in [9.17, 15) is 13.2 Å². The molecule has 0 aliphatic heterocycles. The second-order valence-electron chi connectivity index (χ2n) is 4.73. The zero-order chi connectivity index (χ0) is 17.0. The van der Waals surface area contributed by atoms with Crippen molar-refractivity contribution in [2.24, 2.45) is 0 Å². The highest BCUT2D eigenvalue weighted by Gasteiger charge is 2.30. The molecule has 2 aromatic carbocycles. The van der Waals surface area contributed by atoms with Gasteiger partial charge in [-0.05, 0) is 60.2 Å². The molecule has 0 spiro atoms. The minimum absolute atomic E-state index is 0.158. The van der Waals surface area contributed by atoms with Gasteiger partial charge in [0, 0.05) is 22.4 Å². The summed E-state index contributed by atoms with van der Waals surface area (Å²) < 4.78 is 38.8. The Hall–Kier alpha value is -1.80. The lowest BCUT2D eigenvalue weighted by Crippen LogP contribution is -2.28. The van der Waals surface area contributed by atoms with Gasteiger partial charge in [0.2, 0.25) is 0 Å². The van der Waals surface area contributed by atoms with Gasteiger partial charge in [-0.15, -0.1) is 0 Å². The predicted octanol–water partition coefficient (Wildman–Crippen LogP) is 4.54. The van der Waals surface area contributed by atoms with Crippen molar-refractivity contribution in [1.29, 1.82) is 0 Å². The summed E-state index contributed by atoms with van der Waals surface area (Å²) in [5, 5.41) is 6.11. The number of rotatable bonds is 3. The molecule has 0 saturated carbocycles. The fourth-order valence-corrected chi connectivity index (χ4v) is 2.38. The highest BCUT2D eigenvalue weighted by atomic mass is 79.9. The molecule has 122 valence electrons. The van der Waals surface area contributed by atoms with Crippen LogP contribution in [0.25, 0.3) is 0 Å². The van der Waals surface area contributed by atoms with Crippen LogP contribution >= 0.6 is 28.1 Å². The highest BCUT2D eigenvalue weighted by molar-refractivity contribution is 9.10. The van der Waals surface area contributed by atoms with Gasteiger partial charge in [-0.1, -0.05) is 15.9 Å². The Morgan fingerprint density at radius 1 is 1.13 bits per heavy atom. The van der Waals surface area contributed by atoms with Crippen LogP contribution < -0.4 is 16.4 Å². The van der Waals surface area contributed by atoms with Gasteiger partial charge in [-0.3, -0.25) is 0 Å². The lowest BCUT2D eigenvalue weighted by molar-refractivity contribution is -0.137. The van der Waals surface area contributed by atoms with Gasteiger partial charge >= 0.3 is 6.18 Å². The van der Waals surface area contributed by atoms with Crippen LogP contribution in [0.4, 0.5) is 24.5 Å². The van der Waals surface area contributed by atoms with Crippen molar-refractivity contribution in [2.75, 3.05) is 11.1 Å². The van der Waals surface area contributed by atoms with Crippen LogP contribution in [0.1, 0.15) is 11.1 Å². The molecule has 0 fully saturated rings. The van der Waals surface area contributed by atoms with E-state index in [1.54, 1.807) is 24.3 Å². The molecule has 0 heterocycles. The average molecular weight is 404 g/mol. The summed E-state index contributed by atoms with van der Waals surface area (Å²) in [6.07, 6.45) is -4.38. The van der Waals surface area contributed by atoms with Gasteiger partial charge in [0.1, 0.15) is 0 Å². The summed E-state index contributed by atoms with van der Waals surface area (Å²) >= 11 is 8.36. The Bertz CT molecular complexity index is 702. The summed E-state index contributed by atoms with van der Waals surface area (Å²) in [5.41, 5.74) is 6.71. The summed E-state index contributed by atoms with van der Waals surface area (Å²) in [4.78, 5) is 0. The number of benzene rings is 2. The maximum absolute atomic E-state index is 12.7. The van der Waals surface area contributed by atoms with Crippen molar-refractivity contribution < 1.29 is 13.2 Å². The average Bonchev–Trinajstić information content (AvgIpc) is 2.47.